The highest BCUT2D eigenvalue weighted by Crippen LogP contribution is 2.32. The van der Waals surface area contributed by atoms with E-state index in [1.165, 1.54) is 0 Å². The summed E-state index contributed by atoms with van der Waals surface area (Å²) in [5.41, 5.74) is 1.96. The van der Waals surface area contributed by atoms with Crippen molar-refractivity contribution in [2.24, 2.45) is 0 Å². The molecule has 1 aliphatic carbocycles. The first-order valence-electron chi connectivity index (χ1n) is 16.0. The number of carbonyl (C=O) groups excluding carboxylic acids is 2. The van der Waals surface area contributed by atoms with Gasteiger partial charge in [-0.05, 0) is 58.1 Å². The van der Waals surface area contributed by atoms with Crippen molar-refractivity contribution in [3.63, 3.8) is 0 Å². The lowest BCUT2D eigenvalue weighted by molar-refractivity contribution is -0.149. The molecule has 1 aromatic rings. The number of aliphatic hydroxyl groups excluding tert-OH is 1. The van der Waals surface area contributed by atoms with E-state index in [0.29, 0.717) is 51.3 Å². The average molecular weight is 592 g/mol. The molecule has 1 unspecified atom stereocenters. The van der Waals surface area contributed by atoms with Gasteiger partial charge < -0.3 is 34.4 Å². The fourth-order valence-corrected chi connectivity index (χ4v) is 5.19. The minimum atomic E-state index is -0.660. The number of amides is 2. The lowest BCUT2D eigenvalue weighted by Gasteiger charge is -2.34. The number of nitrogens with one attached hydrogen (secondary N) is 1. The molecular formula is C33H57N3O6. The van der Waals surface area contributed by atoms with Gasteiger partial charge in [-0.25, -0.2) is 0 Å². The summed E-state index contributed by atoms with van der Waals surface area (Å²) >= 11 is 0. The van der Waals surface area contributed by atoms with E-state index in [-0.39, 0.29) is 43.3 Å². The molecule has 0 saturated heterocycles. The van der Waals surface area contributed by atoms with Gasteiger partial charge in [0.15, 0.2) is 0 Å². The van der Waals surface area contributed by atoms with Gasteiger partial charge in [0, 0.05) is 56.7 Å². The Morgan fingerprint density at radius 3 is 1.86 bits per heavy atom. The Morgan fingerprint density at radius 2 is 1.38 bits per heavy atom. The van der Waals surface area contributed by atoms with Crippen LogP contribution in [-0.2, 0) is 31.9 Å². The van der Waals surface area contributed by atoms with Crippen molar-refractivity contribution < 1.29 is 28.9 Å². The van der Waals surface area contributed by atoms with Crippen LogP contribution in [-0.4, -0.2) is 103 Å². The molecule has 1 aliphatic rings. The molecule has 0 heterocycles. The quantitative estimate of drug-likeness (QED) is 0.251. The van der Waals surface area contributed by atoms with Crippen molar-refractivity contribution in [1.82, 2.24) is 15.1 Å². The molecule has 0 saturated carbocycles. The Morgan fingerprint density at radius 1 is 0.881 bits per heavy atom. The third-order valence-electron chi connectivity index (χ3n) is 7.29. The molecular weight excluding hydrogens is 534 g/mol. The van der Waals surface area contributed by atoms with E-state index in [1.807, 2.05) is 28.0 Å². The van der Waals surface area contributed by atoms with E-state index in [2.05, 4.69) is 53.8 Å². The smallest absolute Gasteiger partial charge is 0.248 e. The molecule has 2 amide bonds. The molecule has 0 bridgehead atoms. The van der Waals surface area contributed by atoms with Gasteiger partial charge in [-0.15, -0.1) is 0 Å². The van der Waals surface area contributed by atoms with Crippen LogP contribution >= 0.6 is 0 Å². The Balaban J connectivity index is 2.19. The third-order valence-corrected chi connectivity index (χ3v) is 7.29. The van der Waals surface area contributed by atoms with Gasteiger partial charge in [0.25, 0.3) is 0 Å². The topological polar surface area (TPSA) is 101 Å². The van der Waals surface area contributed by atoms with E-state index in [0.717, 1.165) is 36.8 Å². The van der Waals surface area contributed by atoms with Crippen molar-refractivity contribution >= 4 is 11.8 Å². The predicted octanol–water partition coefficient (Wildman–Crippen LogP) is 3.98. The number of β-amino-alcohol motifs (C(OH)–C–C–N with tert-alkyl or cyclic N) is 1. The van der Waals surface area contributed by atoms with E-state index < -0.39 is 12.2 Å². The van der Waals surface area contributed by atoms with Crippen molar-refractivity contribution in [3.8, 4) is 5.75 Å². The van der Waals surface area contributed by atoms with Crippen LogP contribution in [0.3, 0.4) is 0 Å². The summed E-state index contributed by atoms with van der Waals surface area (Å²) in [5.74, 6) is 0.647. The lowest BCUT2D eigenvalue weighted by Crippen LogP contribution is -2.44. The number of ether oxygens (including phenoxy) is 3. The lowest BCUT2D eigenvalue weighted by atomic mass is 9.87. The first kappa shape index (κ1) is 36.0. The highest BCUT2D eigenvalue weighted by atomic mass is 16.5. The summed E-state index contributed by atoms with van der Waals surface area (Å²) in [4.78, 5) is 29.7. The first-order valence-corrected chi connectivity index (χ1v) is 16.0. The summed E-state index contributed by atoms with van der Waals surface area (Å²) in [6.07, 6.45) is 3.15. The van der Waals surface area contributed by atoms with Gasteiger partial charge in [0.2, 0.25) is 11.8 Å². The molecule has 9 heteroatoms. The number of hydrogen-bond donors (Lipinski definition) is 2. The molecule has 1 aromatic carbocycles. The van der Waals surface area contributed by atoms with Crippen molar-refractivity contribution in [2.75, 3.05) is 52.5 Å². The monoisotopic (exact) mass is 591 g/mol. The molecule has 2 N–H and O–H groups in total. The molecule has 2 rings (SSSR count). The van der Waals surface area contributed by atoms with Crippen LogP contribution < -0.4 is 10.1 Å². The molecule has 0 radical (unpaired) electrons. The molecule has 0 fully saturated rings. The van der Waals surface area contributed by atoms with E-state index in [1.54, 1.807) is 0 Å². The van der Waals surface area contributed by atoms with Crippen molar-refractivity contribution in [2.45, 2.75) is 111 Å². The van der Waals surface area contributed by atoms with Crippen LogP contribution in [0.15, 0.2) is 18.2 Å². The fraction of sp³-hybridized carbons (Fsp3) is 0.758. The molecule has 3 atom stereocenters. The minimum Gasteiger partial charge on any atom is -0.491 e. The fourth-order valence-electron chi connectivity index (χ4n) is 5.19. The summed E-state index contributed by atoms with van der Waals surface area (Å²) in [6, 6.07) is 5.90. The maximum atomic E-state index is 13.0. The highest BCUT2D eigenvalue weighted by Gasteiger charge is 2.33. The number of hydrogen-bond acceptors (Lipinski definition) is 7. The second kappa shape index (κ2) is 18.5. The zero-order valence-corrected chi connectivity index (χ0v) is 27.2. The Kier molecular flexibility index (Phi) is 15.8. The molecule has 0 aliphatic heterocycles. The maximum Gasteiger partial charge on any atom is 0.248 e. The Hall–Kier alpha value is -2.20. The largest absolute Gasteiger partial charge is 0.491 e. The summed E-state index contributed by atoms with van der Waals surface area (Å²) in [7, 11) is 0. The van der Waals surface area contributed by atoms with Crippen LogP contribution in [0, 0.1) is 0 Å². The number of fused-ring (bicyclic) bond motifs is 1. The van der Waals surface area contributed by atoms with Gasteiger partial charge in [-0.3, -0.25) is 9.59 Å². The number of aliphatic hydroxyl groups is 1. The molecule has 0 spiro atoms. The number of rotatable bonds is 19. The second-order valence-corrected chi connectivity index (χ2v) is 12.4. The molecule has 0 aromatic heterocycles. The van der Waals surface area contributed by atoms with Crippen LogP contribution in [0.2, 0.25) is 0 Å². The van der Waals surface area contributed by atoms with Crippen molar-refractivity contribution in [1.29, 1.82) is 0 Å². The van der Waals surface area contributed by atoms with Crippen LogP contribution in [0.4, 0.5) is 0 Å². The summed E-state index contributed by atoms with van der Waals surface area (Å²) in [5, 5.41) is 13.8. The Bertz CT molecular complexity index is 938. The maximum absolute atomic E-state index is 13.0. The minimum absolute atomic E-state index is 0.0191. The predicted molar refractivity (Wildman–Crippen MR) is 167 cm³/mol. The van der Waals surface area contributed by atoms with E-state index in [4.69, 9.17) is 14.2 Å². The summed E-state index contributed by atoms with van der Waals surface area (Å²) < 4.78 is 18.6. The summed E-state index contributed by atoms with van der Waals surface area (Å²) in [6.45, 7) is 17.8. The molecule has 42 heavy (non-hydrogen) atoms. The van der Waals surface area contributed by atoms with Gasteiger partial charge >= 0.3 is 0 Å². The van der Waals surface area contributed by atoms with Crippen LogP contribution in [0.1, 0.15) is 85.3 Å². The average Bonchev–Trinajstić information content (AvgIpc) is 2.95. The zero-order valence-electron chi connectivity index (χ0n) is 27.2. The normalized spacial score (nSPS) is 17.4. The van der Waals surface area contributed by atoms with E-state index in [9.17, 15) is 14.7 Å². The van der Waals surface area contributed by atoms with Crippen LogP contribution in [0.5, 0.6) is 5.75 Å². The molecule has 9 nitrogen and oxygen atoms in total. The number of nitrogens with zero attached hydrogens (tertiary/aromatic N) is 2. The van der Waals surface area contributed by atoms with Gasteiger partial charge in [-0.1, -0.05) is 39.8 Å². The van der Waals surface area contributed by atoms with Crippen LogP contribution in [0.25, 0.3) is 0 Å². The van der Waals surface area contributed by atoms with Gasteiger partial charge in [0.1, 0.15) is 31.7 Å². The zero-order chi connectivity index (χ0) is 31.1. The van der Waals surface area contributed by atoms with Gasteiger partial charge in [-0.2, -0.15) is 0 Å². The SMILES string of the molecule is CCCN(CCC)C(=O)CO[C@H]1Cc2c(cccc2OCC(O)CNC(C)(C)C)C[C@H]1OCC(=O)N(CCC)CCC. The second-order valence-electron chi connectivity index (χ2n) is 12.4. The highest BCUT2D eigenvalue weighted by molar-refractivity contribution is 5.78. The van der Waals surface area contributed by atoms with Crippen molar-refractivity contribution in [3.05, 3.63) is 29.3 Å². The van der Waals surface area contributed by atoms with Gasteiger partial charge in [0.05, 0.1) is 12.2 Å². The first-order chi connectivity index (χ1) is 20.0. The molecule has 240 valence electrons. The standard InChI is InChI=1S/C33H57N3O6/c1-8-15-35(16-9-2)31(38)23-41-29-19-25-13-12-14-28(40-22-26(37)21-34-33(5,6)7)27(25)20-30(29)42-24-32(39)36(17-10-3)18-11-4/h12-14,26,29-30,34,37H,8-11,15-24H2,1-7H3/t26?,29-,30+/m1/s1. The number of carbonyl (C=O) groups is 2. The van der Waals surface area contributed by atoms with E-state index >= 15 is 0 Å². The number of benzene rings is 1. The third kappa shape index (κ3) is 12.2. The Labute approximate surface area is 254 Å².